The Bertz CT molecular complexity index is 3170. The number of benzene rings is 8. The van der Waals surface area contributed by atoms with Gasteiger partial charge in [-0.15, -0.1) is 0 Å². The zero-order valence-corrected chi connectivity index (χ0v) is 28.1. The minimum absolute atomic E-state index is 0.653. The molecule has 0 amide bonds. The van der Waals surface area contributed by atoms with Crippen LogP contribution in [0.5, 0.6) is 0 Å². The third-order valence-electron chi connectivity index (χ3n) is 10.5. The first kappa shape index (κ1) is 28.8. The highest BCUT2D eigenvalue weighted by Crippen LogP contribution is 2.39. The topological polar surface area (TPSA) is 35.6 Å². The molecule has 3 aromatic heterocycles. The van der Waals surface area contributed by atoms with Gasteiger partial charge in [0.1, 0.15) is 0 Å². The predicted octanol–water partition coefficient (Wildman–Crippen LogP) is 12.3. The summed E-state index contributed by atoms with van der Waals surface area (Å²) in [5.74, 6) is 0.653. The van der Waals surface area contributed by atoms with Crippen LogP contribution in [0.15, 0.2) is 182 Å². The van der Waals surface area contributed by atoms with Gasteiger partial charge in [-0.1, -0.05) is 127 Å². The summed E-state index contributed by atoms with van der Waals surface area (Å²) in [5, 5.41) is 8.22. The van der Waals surface area contributed by atoms with Crippen LogP contribution in [0.25, 0.3) is 99.3 Å². The number of aromatic nitrogens is 4. The van der Waals surface area contributed by atoms with E-state index < -0.39 is 0 Å². The van der Waals surface area contributed by atoms with Crippen molar-refractivity contribution in [2.24, 2.45) is 0 Å². The molecule has 0 aliphatic carbocycles. The van der Waals surface area contributed by atoms with Crippen molar-refractivity contribution in [3.05, 3.63) is 182 Å². The summed E-state index contributed by atoms with van der Waals surface area (Å²) in [6.45, 7) is 0. The third-order valence-corrected chi connectivity index (χ3v) is 10.5. The fourth-order valence-electron chi connectivity index (χ4n) is 8.09. The molecular weight excluding hydrogens is 633 g/mol. The maximum atomic E-state index is 5.53. The van der Waals surface area contributed by atoms with Crippen molar-refractivity contribution in [2.75, 3.05) is 0 Å². The van der Waals surface area contributed by atoms with Crippen LogP contribution in [0.3, 0.4) is 0 Å². The molecule has 242 valence electrons. The molecule has 0 N–H and O–H groups in total. The summed E-state index contributed by atoms with van der Waals surface area (Å²) in [6, 6.07) is 64.9. The van der Waals surface area contributed by atoms with Gasteiger partial charge in [-0.05, 0) is 76.5 Å². The normalized spacial score (nSPS) is 11.8. The Morgan fingerprint density at radius 1 is 0.327 bits per heavy atom. The minimum atomic E-state index is 0.653. The Morgan fingerprint density at radius 3 is 1.71 bits per heavy atom. The molecule has 0 atom stereocenters. The number of nitrogens with zero attached hydrogens (tertiary/aromatic N) is 4. The first-order chi connectivity index (χ1) is 25.8. The zero-order chi connectivity index (χ0) is 34.2. The third kappa shape index (κ3) is 4.34. The Hall–Kier alpha value is -7.04. The maximum Gasteiger partial charge on any atom is 0.235 e. The smallest absolute Gasteiger partial charge is 0.235 e. The summed E-state index contributed by atoms with van der Waals surface area (Å²) < 4.78 is 4.61. The standard InChI is InChI=1S/C48H30N4/c1-3-13-31(14-4-1)34-24-26-42-41(28-34)47(35-23-25-39-37-19-9-11-21-43(37)51(45(39)30-35)36-17-5-2-6-18-36)50-48(49-42)52-44-22-12-10-20-38(44)40-27-32-15-7-8-16-33(32)29-46(40)52/h1-30H. The molecule has 11 aromatic rings. The van der Waals surface area contributed by atoms with Gasteiger partial charge in [0.15, 0.2) is 0 Å². The van der Waals surface area contributed by atoms with Crippen molar-refractivity contribution in [1.29, 1.82) is 0 Å². The summed E-state index contributed by atoms with van der Waals surface area (Å²) in [5.41, 5.74) is 10.7. The second-order valence-corrected chi connectivity index (χ2v) is 13.5. The molecule has 0 saturated heterocycles. The van der Waals surface area contributed by atoms with Gasteiger partial charge >= 0.3 is 0 Å². The van der Waals surface area contributed by atoms with E-state index in [1.54, 1.807) is 0 Å². The van der Waals surface area contributed by atoms with E-state index in [-0.39, 0.29) is 0 Å². The van der Waals surface area contributed by atoms with E-state index in [1.807, 2.05) is 0 Å². The molecule has 0 radical (unpaired) electrons. The SMILES string of the molecule is c1ccc(-c2ccc3nc(-n4c5ccccc5c5cc6ccccc6cc54)nc(-c4ccc5c6ccccc6n(-c6ccccc6)c5c4)c3c2)cc1. The minimum Gasteiger partial charge on any atom is -0.309 e. The van der Waals surface area contributed by atoms with Gasteiger partial charge in [-0.3, -0.25) is 4.57 Å². The second kappa shape index (κ2) is 11.2. The van der Waals surface area contributed by atoms with Crippen molar-refractivity contribution in [3.8, 4) is 34.0 Å². The fourth-order valence-corrected chi connectivity index (χ4v) is 8.09. The number of rotatable bonds is 4. The van der Waals surface area contributed by atoms with Gasteiger partial charge < -0.3 is 4.57 Å². The zero-order valence-electron chi connectivity index (χ0n) is 28.1. The highest BCUT2D eigenvalue weighted by Gasteiger charge is 2.20. The quantitative estimate of drug-likeness (QED) is 0.188. The van der Waals surface area contributed by atoms with Crippen molar-refractivity contribution < 1.29 is 0 Å². The van der Waals surface area contributed by atoms with Crippen LogP contribution in [0.1, 0.15) is 0 Å². The summed E-state index contributed by atoms with van der Waals surface area (Å²) in [4.78, 5) is 10.9. The lowest BCUT2D eigenvalue weighted by molar-refractivity contribution is 1.01. The Kier molecular flexibility index (Phi) is 6.22. The molecule has 0 spiro atoms. The highest BCUT2D eigenvalue weighted by molar-refractivity contribution is 6.14. The molecule has 0 aliphatic heterocycles. The monoisotopic (exact) mass is 662 g/mol. The van der Waals surface area contributed by atoms with Gasteiger partial charge in [0.25, 0.3) is 0 Å². The molecule has 8 aromatic carbocycles. The van der Waals surface area contributed by atoms with E-state index in [1.165, 1.54) is 37.8 Å². The summed E-state index contributed by atoms with van der Waals surface area (Å²) >= 11 is 0. The van der Waals surface area contributed by atoms with E-state index in [9.17, 15) is 0 Å². The molecule has 0 bridgehead atoms. The van der Waals surface area contributed by atoms with Gasteiger partial charge in [-0.2, -0.15) is 0 Å². The van der Waals surface area contributed by atoms with Crippen LogP contribution >= 0.6 is 0 Å². The number of para-hydroxylation sites is 3. The Labute approximate surface area is 299 Å². The molecular formula is C48H30N4. The first-order valence-corrected chi connectivity index (χ1v) is 17.7. The van der Waals surface area contributed by atoms with Gasteiger partial charge in [0.2, 0.25) is 5.95 Å². The Balaban J connectivity index is 1.23. The summed E-state index contributed by atoms with van der Waals surface area (Å²) in [7, 11) is 0. The van der Waals surface area contributed by atoms with Crippen molar-refractivity contribution in [3.63, 3.8) is 0 Å². The molecule has 0 fully saturated rings. The molecule has 0 aliphatic rings. The number of hydrogen-bond acceptors (Lipinski definition) is 2. The number of hydrogen-bond donors (Lipinski definition) is 0. The van der Waals surface area contributed by atoms with Gasteiger partial charge in [-0.25, -0.2) is 9.97 Å². The van der Waals surface area contributed by atoms with Crippen LogP contribution in [-0.4, -0.2) is 19.1 Å². The van der Waals surface area contributed by atoms with Crippen LogP contribution in [0.4, 0.5) is 0 Å². The van der Waals surface area contributed by atoms with Gasteiger partial charge in [0.05, 0.1) is 33.3 Å². The molecule has 52 heavy (non-hydrogen) atoms. The molecule has 3 heterocycles. The van der Waals surface area contributed by atoms with Crippen LogP contribution < -0.4 is 0 Å². The van der Waals surface area contributed by atoms with Gasteiger partial charge in [0, 0.05) is 38.2 Å². The van der Waals surface area contributed by atoms with E-state index >= 15 is 0 Å². The molecule has 4 nitrogen and oxygen atoms in total. The lowest BCUT2D eigenvalue weighted by Crippen LogP contribution is -2.03. The van der Waals surface area contributed by atoms with E-state index in [4.69, 9.17) is 9.97 Å². The molecule has 0 unspecified atom stereocenters. The van der Waals surface area contributed by atoms with Crippen molar-refractivity contribution >= 4 is 65.3 Å². The maximum absolute atomic E-state index is 5.53. The molecule has 4 heteroatoms. The van der Waals surface area contributed by atoms with Crippen molar-refractivity contribution in [2.45, 2.75) is 0 Å². The Morgan fingerprint density at radius 2 is 0.923 bits per heavy atom. The number of fused-ring (bicyclic) bond motifs is 8. The first-order valence-electron chi connectivity index (χ1n) is 17.7. The largest absolute Gasteiger partial charge is 0.309 e. The average molecular weight is 663 g/mol. The van der Waals surface area contributed by atoms with Crippen LogP contribution in [0.2, 0.25) is 0 Å². The van der Waals surface area contributed by atoms with Crippen LogP contribution in [-0.2, 0) is 0 Å². The lowest BCUT2D eigenvalue weighted by atomic mass is 9.99. The lowest BCUT2D eigenvalue weighted by Gasteiger charge is -2.14. The average Bonchev–Trinajstić information content (AvgIpc) is 3.72. The van der Waals surface area contributed by atoms with E-state index in [2.05, 4.69) is 191 Å². The summed E-state index contributed by atoms with van der Waals surface area (Å²) in [6.07, 6.45) is 0. The fraction of sp³-hybridized carbons (Fsp3) is 0. The van der Waals surface area contributed by atoms with E-state index in [0.717, 1.165) is 55.5 Å². The van der Waals surface area contributed by atoms with Crippen LogP contribution in [0, 0.1) is 0 Å². The highest BCUT2D eigenvalue weighted by atomic mass is 15.2. The second-order valence-electron chi connectivity index (χ2n) is 13.5. The van der Waals surface area contributed by atoms with Crippen molar-refractivity contribution in [1.82, 2.24) is 19.1 Å². The predicted molar refractivity (Wildman–Crippen MR) is 217 cm³/mol. The molecule has 0 saturated carbocycles. The van der Waals surface area contributed by atoms with E-state index in [0.29, 0.717) is 5.95 Å². The molecule has 11 rings (SSSR count).